The number of nitrogens with one attached hydrogen (secondary N) is 1. The second-order valence-electron chi connectivity index (χ2n) is 4.59. The van der Waals surface area contributed by atoms with Gasteiger partial charge in [-0.2, -0.15) is 13.2 Å². The maximum atomic E-state index is 13.3. The predicted molar refractivity (Wildman–Crippen MR) is 78.9 cm³/mol. The van der Waals surface area contributed by atoms with Crippen LogP contribution in [-0.2, 0) is 0 Å². The minimum Gasteiger partial charge on any atom is -0.314 e. The van der Waals surface area contributed by atoms with Gasteiger partial charge in [0, 0.05) is 26.2 Å². The molecule has 1 saturated heterocycles. The van der Waals surface area contributed by atoms with E-state index in [2.05, 4.69) is 5.32 Å². The van der Waals surface area contributed by atoms with Gasteiger partial charge in [0.2, 0.25) is 0 Å². The zero-order chi connectivity index (χ0) is 13.2. The fourth-order valence-electron chi connectivity index (χ4n) is 2.41. The van der Waals surface area contributed by atoms with Crippen molar-refractivity contribution in [2.75, 3.05) is 26.2 Å². The average Bonchev–Trinajstić information content (AvgIpc) is 2.32. The van der Waals surface area contributed by atoms with E-state index in [1.54, 1.807) is 31.2 Å². The summed E-state index contributed by atoms with van der Waals surface area (Å²) in [5.74, 6) is 0. The summed E-state index contributed by atoms with van der Waals surface area (Å²) in [5.41, 5.74) is 1.06. The molecule has 0 spiro atoms. The first-order valence-electron chi connectivity index (χ1n) is 6.07. The lowest BCUT2D eigenvalue weighted by Gasteiger charge is -2.36. The molecule has 1 aromatic rings. The second kappa shape index (κ2) is 8.08. The van der Waals surface area contributed by atoms with Crippen molar-refractivity contribution in [1.29, 1.82) is 0 Å². The molecule has 1 atom stereocenters. The fraction of sp³-hybridized carbons (Fsp3) is 0.538. The molecule has 20 heavy (non-hydrogen) atoms. The van der Waals surface area contributed by atoms with Crippen molar-refractivity contribution in [3.05, 3.63) is 35.4 Å². The van der Waals surface area contributed by atoms with E-state index in [0.717, 1.165) is 0 Å². The Morgan fingerprint density at radius 2 is 1.65 bits per heavy atom. The van der Waals surface area contributed by atoms with Crippen LogP contribution in [0.3, 0.4) is 0 Å². The Hall–Kier alpha value is -0.490. The first kappa shape index (κ1) is 19.5. The normalized spacial score (nSPS) is 17.8. The molecule has 1 fully saturated rings. The molecule has 0 aromatic heterocycles. The van der Waals surface area contributed by atoms with Gasteiger partial charge in [0.15, 0.2) is 0 Å². The topological polar surface area (TPSA) is 15.3 Å². The van der Waals surface area contributed by atoms with Crippen molar-refractivity contribution in [3.8, 4) is 0 Å². The number of benzene rings is 1. The summed E-state index contributed by atoms with van der Waals surface area (Å²) in [6.45, 7) is 3.81. The summed E-state index contributed by atoms with van der Waals surface area (Å²) in [4.78, 5) is 1.51. The molecule has 2 rings (SSSR count). The van der Waals surface area contributed by atoms with Gasteiger partial charge in [-0.05, 0) is 18.1 Å². The molecule has 1 heterocycles. The average molecular weight is 331 g/mol. The molecular formula is C13H19Cl2F3N2. The first-order valence-corrected chi connectivity index (χ1v) is 6.07. The summed E-state index contributed by atoms with van der Waals surface area (Å²) in [6.07, 6.45) is -4.23. The molecule has 0 saturated carbocycles. The van der Waals surface area contributed by atoms with Crippen LogP contribution in [0.2, 0.25) is 0 Å². The van der Waals surface area contributed by atoms with Gasteiger partial charge in [0.25, 0.3) is 0 Å². The molecule has 1 aromatic carbocycles. The Bertz CT molecular complexity index is 407. The molecule has 7 heteroatoms. The predicted octanol–water partition coefficient (Wildman–Crippen LogP) is 3.35. The third-order valence-corrected chi connectivity index (χ3v) is 3.31. The number of piperazine rings is 1. The third kappa shape index (κ3) is 4.52. The van der Waals surface area contributed by atoms with Crippen LogP contribution >= 0.6 is 24.8 Å². The Morgan fingerprint density at radius 1 is 1.10 bits per heavy atom. The van der Waals surface area contributed by atoms with Gasteiger partial charge in [-0.1, -0.05) is 24.3 Å². The van der Waals surface area contributed by atoms with Crippen LogP contribution in [0.5, 0.6) is 0 Å². The van der Waals surface area contributed by atoms with Gasteiger partial charge >= 0.3 is 6.18 Å². The van der Waals surface area contributed by atoms with E-state index in [4.69, 9.17) is 0 Å². The number of nitrogens with zero attached hydrogens (tertiary/aromatic N) is 1. The van der Waals surface area contributed by atoms with Crippen LogP contribution in [0.1, 0.15) is 17.2 Å². The van der Waals surface area contributed by atoms with E-state index in [9.17, 15) is 13.2 Å². The highest BCUT2D eigenvalue weighted by molar-refractivity contribution is 5.85. The molecule has 2 nitrogen and oxygen atoms in total. The summed E-state index contributed by atoms with van der Waals surface area (Å²) in [6, 6.07) is 5.26. The van der Waals surface area contributed by atoms with Crippen molar-refractivity contribution in [3.63, 3.8) is 0 Å². The molecule has 0 aliphatic carbocycles. The maximum absolute atomic E-state index is 13.3. The monoisotopic (exact) mass is 330 g/mol. The van der Waals surface area contributed by atoms with Crippen LogP contribution in [0.4, 0.5) is 13.2 Å². The molecule has 1 N–H and O–H groups in total. The zero-order valence-electron chi connectivity index (χ0n) is 11.1. The maximum Gasteiger partial charge on any atom is 0.408 e. The molecular weight excluding hydrogens is 312 g/mol. The third-order valence-electron chi connectivity index (χ3n) is 3.31. The lowest BCUT2D eigenvalue weighted by Crippen LogP contribution is -2.49. The standard InChI is InChI=1S/C13H17F3N2.2ClH/c1-10-4-2-3-5-11(10)12(13(14,15)16)18-8-6-17-7-9-18;;/h2-5,12,17H,6-9H2,1H3;2*1H/t12-;;/m0../s1. The Balaban J connectivity index is 0.00000180. The summed E-state index contributed by atoms with van der Waals surface area (Å²) in [7, 11) is 0. The Labute approximate surface area is 129 Å². The van der Waals surface area contributed by atoms with E-state index < -0.39 is 12.2 Å². The smallest absolute Gasteiger partial charge is 0.314 e. The quantitative estimate of drug-likeness (QED) is 0.894. The van der Waals surface area contributed by atoms with Gasteiger partial charge in [-0.3, -0.25) is 4.90 Å². The van der Waals surface area contributed by atoms with E-state index in [0.29, 0.717) is 37.3 Å². The molecule has 0 amide bonds. The molecule has 116 valence electrons. The fourth-order valence-corrected chi connectivity index (χ4v) is 2.41. The van der Waals surface area contributed by atoms with Crippen molar-refractivity contribution < 1.29 is 13.2 Å². The highest BCUT2D eigenvalue weighted by Gasteiger charge is 2.45. The number of aryl methyl sites for hydroxylation is 1. The Kier molecular flexibility index (Phi) is 7.88. The van der Waals surface area contributed by atoms with Crippen LogP contribution in [0.25, 0.3) is 0 Å². The first-order chi connectivity index (χ1) is 8.50. The largest absolute Gasteiger partial charge is 0.408 e. The number of hydrogen-bond donors (Lipinski definition) is 1. The molecule has 1 aliphatic rings. The number of halogens is 5. The van der Waals surface area contributed by atoms with Gasteiger partial charge < -0.3 is 5.32 Å². The number of hydrogen-bond acceptors (Lipinski definition) is 2. The summed E-state index contributed by atoms with van der Waals surface area (Å²) >= 11 is 0. The molecule has 1 aliphatic heterocycles. The van der Waals surface area contributed by atoms with Gasteiger partial charge in [-0.15, -0.1) is 24.8 Å². The lowest BCUT2D eigenvalue weighted by atomic mass is 9.99. The van der Waals surface area contributed by atoms with Crippen molar-refractivity contribution in [1.82, 2.24) is 10.2 Å². The minimum atomic E-state index is -4.23. The summed E-state index contributed by atoms with van der Waals surface area (Å²) < 4.78 is 39.9. The van der Waals surface area contributed by atoms with Crippen LogP contribution in [0.15, 0.2) is 24.3 Å². The van der Waals surface area contributed by atoms with Crippen molar-refractivity contribution >= 4 is 24.8 Å². The Morgan fingerprint density at radius 3 is 2.15 bits per heavy atom. The summed E-state index contributed by atoms with van der Waals surface area (Å²) in [5, 5.41) is 3.08. The highest BCUT2D eigenvalue weighted by Crippen LogP contribution is 2.38. The molecule has 0 unspecified atom stereocenters. The van der Waals surface area contributed by atoms with Crippen molar-refractivity contribution in [2.45, 2.75) is 19.1 Å². The molecule has 0 bridgehead atoms. The van der Waals surface area contributed by atoms with Crippen LogP contribution in [0, 0.1) is 6.92 Å². The SMILES string of the molecule is Cc1ccccc1[C@H](N1CCNCC1)C(F)(F)F.Cl.Cl. The minimum absolute atomic E-state index is 0. The zero-order valence-corrected chi connectivity index (χ0v) is 12.7. The number of rotatable bonds is 2. The highest BCUT2D eigenvalue weighted by atomic mass is 35.5. The number of alkyl halides is 3. The van der Waals surface area contributed by atoms with Gasteiger partial charge in [0.1, 0.15) is 6.04 Å². The van der Waals surface area contributed by atoms with Crippen LogP contribution < -0.4 is 5.32 Å². The van der Waals surface area contributed by atoms with E-state index in [-0.39, 0.29) is 24.8 Å². The van der Waals surface area contributed by atoms with E-state index in [1.165, 1.54) is 4.90 Å². The second-order valence-corrected chi connectivity index (χ2v) is 4.59. The van der Waals surface area contributed by atoms with Crippen molar-refractivity contribution in [2.24, 2.45) is 0 Å². The molecule has 0 radical (unpaired) electrons. The van der Waals surface area contributed by atoms with Gasteiger partial charge in [-0.25, -0.2) is 0 Å². The van der Waals surface area contributed by atoms with Crippen LogP contribution in [-0.4, -0.2) is 37.3 Å². The van der Waals surface area contributed by atoms with E-state index in [1.807, 2.05) is 0 Å². The lowest BCUT2D eigenvalue weighted by molar-refractivity contribution is -0.188. The van der Waals surface area contributed by atoms with Gasteiger partial charge in [0.05, 0.1) is 0 Å². The van der Waals surface area contributed by atoms with E-state index >= 15 is 0 Å².